The van der Waals surface area contributed by atoms with Crippen LogP contribution in [0.4, 0.5) is 0 Å². The van der Waals surface area contributed by atoms with Gasteiger partial charge in [-0.3, -0.25) is 28.7 Å². The van der Waals surface area contributed by atoms with Crippen molar-refractivity contribution >= 4 is 63.6 Å². The van der Waals surface area contributed by atoms with E-state index < -0.39 is 35.6 Å². The number of ether oxygens (including phenoxy) is 1. The summed E-state index contributed by atoms with van der Waals surface area (Å²) in [5.41, 5.74) is 8.50. The average molecular weight is 1030 g/mol. The number of thiophene rings is 1. The Hall–Kier alpha value is -6.27. The molecule has 72 heavy (non-hydrogen) atoms. The number of halogens is 1. The lowest BCUT2D eigenvalue weighted by Gasteiger charge is -2.36. The number of aliphatic imine (C=N–C) groups is 1. The van der Waals surface area contributed by atoms with Gasteiger partial charge in [-0.15, -0.1) is 32.9 Å². The molecule has 5 atom stereocenters. The fourth-order valence-electron chi connectivity index (χ4n) is 9.71. The summed E-state index contributed by atoms with van der Waals surface area (Å²) >= 11 is 9.51. The molecule has 0 unspecified atom stereocenters. The molecule has 376 valence electrons. The minimum Gasteiger partial charge on any atom is -0.490 e. The number of hydrogen-bond acceptors (Lipinski definition) is 12. The highest BCUT2D eigenvalue weighted by Gasteiger charge is 2.45. The highest BCUT2D eigenvalue weighted by Crippen LogP contribution is 2.40. The van der Waals surface area contributed by atoms with E-state index in [1.54, 1.807) is 22.7 Å². The number of carbonyl (C=O) groups is 4. The first kappa shape index (κ1) is 50.7. The number of amides is 4. The molecule has 2 fully saturated rings. The first-order chi connectivity index (χ1) is 34.3. The molecule has 9 rings (SSSR count). The molecule has 0 radical (unpaired) electrons. The summed E-state index contributed by atoms with van der Waals surface area (Å²) in [6.45, 7) is 15.5. The zero-order valence-corrected chi connectivity index (χ0v) is 44.0. The summed E-state index contributed by atoms with van der Waals surface area (Å²) in [6.07, 6.45) is 0.311. The van der Waals surface area contributed by atoms with Gasteiger partial charge in [0, 0.05) is 52.9 Å². The highest BCUT2D eigenvalue weighted by molar-refractivity contribution is 7.15. The van der Waals surface area contributed by atoms with Crippen LogP contribution in [0, 0.1) is 33.1 Å². The van der Waals surface area contributed by atoms with Crippen molar-refractivity contribution in [3.63, 3.8) is 0 Å². The Morgan fingerprint density at radius 1 is 0.917 bits per heavy atom. The smallest absolute Gasteiger partial charge is 0.246 e. The van der Waals surface area contributed by atoms with Crippen LogP contribution in [0.3, 0.4) is 0 Å². The minimum absolute atomic E-state index is 0.0187. The van der Waals surface area contributed by atoms with Gasteiger partial charge < -0.3 is 30.7 Å². The van der Waals surface area contributed by atoms with Crippen LogP contribution in [0.2, 0.25) is 5.02 Å². The Morgan fingerprint density at radius 2 is 1.64 bits per heavy atom. The molecule has 2 aliphatic heterocycles. The second kappa shape index (κ2) is 20.7. The average Bonchev–Trinajstić information content (AvgIpc) is 4.09. The van der Waals surface area contributed by atoms with Crippen molar-refractivity contribution in [3.8, 4) is 21.2 Å². The number of aliphatic hydroxyl groups excluding tert-OH is 1. The van der Waals surface area contributed by atoms with Crippen LogP contribution >= 0.6 is 34.3 Å². The van der Waals surface area contributed by atoms with Crippen LogP contribution in [0.5, 0.6) is 5.75 Å². The fraction of sp³-hybridized carbons (Fsp3) is 0.407. The van der Waals surface area contributed by atoms with Gasteiger partial charge in [0.25, 0.3) is 0 Å². The van der Waals surface area contributed by atoms with Gasteiger partial charge in [0.2, 0.25) is 23.6 Å². The number of likely N-dealkylation sites (tertiary alicyclic amines) is 1. The summed E-state index contributed by atoms with van der Waals surface area (Å²) in [5, 5.41) is 30.5. The third-order valence-electron chi connectivity index (χ3n) is 13.8. The van der Waals surface area contributed by atoms with E-state index in [-0.39, 0.29) is 61.7 Å². The lowest BCUT2D eigenvalue weighted by atomic mass is 9.85. The summed E-state index contributed by atoms with van der Waals surface area (Å²) in [6, 6.07) is 19.9. The van der Waals surface area contributed by atoms with Crippen LogP contribution in [0.25, 0.3) is 15.4 Å². The Kier molecular flexibility index (Phi) is 14.6. The maximum Gasteiger partial charge on any atom is 0.246 e. The van der Waals surface area contributed by atoms with E-state index >= 15 is 0 Å². The molecule has 5 heterocycles. The van der Waals surface area contributed by atoms with Crippen molar-refractivity contribution in [2.75, 3.05) is 6.54 Å². The minimum atomic E-state index is -0.975. The molecule has 15 nitrogen and oxygen atoms in total. The molecule has 4 N–H and O–H groups in total. The number of aryl methyl sites for hydroxylation is 3. The Morgan fingerprint density at radius 3 is 2.33 bits per heavy atom. The Balaban J connectivity index is 0.787. The first-order valence-electron chi connectivity index (χ1n) is 24.3. The number of nitrogens with one attached hydrogen (secondary N) is 3. The molecular weight excluding hydrogens is 970 g/mol. The first-order valence-corrected chi connectivity index (χ1v) is 26.4. The number of nitrogens with zero attached hydrogens (tertiary/aromatic N) is 6. The van der Waals surface area contributed by atoms with Crippen molar-refractivity contribution in [1.29, 1.82) is 0 Å². The maximum atomic E-state index is 14.3. The van der Waals surface area contributed by atoms with E-state index in [0.717, 1.165) is 54.9 Å². The quantitative estimate of drug-likeness (QED) is 0.0832. The second-order valence-corrected chi connectivity index (χ2v) is 22.8. The molecule has 1 aliphatic carbocycles. The second-order valence-electron chi connectivity index (χ2n) is 20.3. The van der Waals surface area contributed by atoms with Gasteiger partial charge >= 0.3 is 0 Å². The maximum absolute atomic E-state index is 14.3. The van der Waals surface area contributed by atoms with Gasteiger partial charge in [0.05, 0.1) is 46.8 Å². The fourth-order valence-corrected chi connectivity index (χ4v) is 11.9. The van der Waals surface area contributed by atoms with E-state index in [1.165, 1.54) is 9.78 Å². The number of aromatic nitrogens is 4. The summed E-state index contributed by atoms with van der Waals surface area (Å²) < 4.78 is 8.36. The van der Waals surface area contributed by atoms with Crippen molar-refractivity contribution in [3.05, 3.63) is 133 Å². The lowest BCUT2D eigenvalue weighted by molar-refractivity contribution is -0.144. The number of thiazole rings is 1. The molecule has 1 saturated carbocycles. The number of hydrogen-bond donors (Lipinski definition) is 4. The van der Waals surface area contributed by atoms with Gasteiger partial charge in [-0.2, -0.15) is 0 Å². The van der Waals surface area contributed by atoms with Crippen LogP contribution in [-0.2, 0) is 25.6 Å². The molecule has 3 aromatic carbocycles. The number of aliphatic hydroxyl groups is 1. The summed E-state index contributed by atoms with van der Waals surface area (Å²) in [7, 11) is 0. The number of rotatable bonds is 14. The Labute approximate surface area is 432 Å². The standard InChI is InChI=1S/C54H60ClN9O6S2/c1-28-31(4)72-53-46(28)47(35-16-18-37(55)19-17-35)59-42(50-62-61-32(5)64(50)53)25-45(67)58-38-22-41(23-38)70-40-11-9-10-33(20-40)21-44(66)60-49(54(6,7)8)52(69)63-26-39(65)24-43(63)51(68)57-29(2)34-12-14-36(15-13-34)48-30(3)56-27-71-48/h9-20,27,29,38-39,41-43,49,65H,21-26H2,1-8H3,(H,57,68)(H,58,67)(H,60,66)/t29-,38-,39+,41+,42-,43-,49+/m0/s1. The van der Waals surface area contributed by atoms with Gasteiger partial charge in [-0.05, 0) is 86.6 Å². The van der Waals surface area contributed by atoms with Gasteiger partial charge in [-0.25, -0.2) is 4.98 Å². The number of benzene rings is 3. The molecule has 4 amide bonds. The zero-order valence-electron chi connectivity index (χ0n) is 41.7. The molecule has 0 bridgehead atoms. The molecule has 18 heteroatoms. The topological polar surface area (TPSA) is 193 Å². The molecule has 0 spiro atoms. The number of β-amino-alcohol motifs (C(OH)–C–C–N with tert-alkyl or cyclic N) is 1. The van der Waals surface area contributed by atoms with Gasteiger partial charge in [-0.1, -0.05) is 80.9 Å². The van der Waals surface area contributed by atoms with E-state index in [1.807, 2.05) is 124 Å². The van der Waals surface area contributed by atoms with Crippen LogP contribution < -0.4 is 20.7 Å². The van der Waals surface area contributed by atoms with Gasteiger partial charge in [0.1, 0.15) is 40.8 Å². The van der Waals surface area contributed by atoms with E-state index in [2.05, 4.69) is 45.0 Å². The van der Waals surface area contributed by atoms with Crippen molar-refractivity contribution in [2.24, 2.45) is 10.4 Å². The van der Waals surface area contributed by atoms with Crippen LogP contribution in [-0.4, -0.2) is 96.0 Å². The third kappa shape index (κ3) is 10.8. The van der Waals surface area contributed by atoms with Crippen molar-refractivity contribution in [1.82, 2.24) is 40.6 Å². The molecule has 3 aromatic heterocycles. The summed E-state index contributed by atoms with van der Waals surface area (Å²) in [5.74, 6) is 0.606. The molecule has 1 saturated heterocycles. The lowest BCUT2D eigenvalue weighted by Crippen LogP contribution is -2.58. The van der Waals surface area contributed by atoms with Crippen molar-refractivity contribution in [2.45, 2.75) is 130 Å². The van der Waals surface area contributed by atoms with E-state index in [0.29, 0.717) is 35.0 Å². The van der Waals surface area contributed by atoms with E-state index in [9.17, 15) is 24.3 Å². The molecule has 3 aliphatic rings. The van der Waals surface area contributed by atoms with Crippen LogP contribution in [0.15, 0.2) is 83.3 Å². The SMILES string of the molecule is Cc1ncsc1-c1ccc([C@H](C)NC(=O)[C@@H]2C[C@@H](O)CN2C(=O)[C@@H](NC(=O)Cc2cccc(O[C@H]3C[C@@H](NC(=O)C[C@@H]4N=C(c5ccc(Cl)cc5)c5c(sc(C)c5C)-n5c(C)nnc54)C3)c2)C(C)(C)C)cc1. The molecular formula is C54H60ClN9O6S2. The third-order valence-corrected chi connectivity index (χ3v) is 16.2. The zero-order chi connectivity index (χ0) is 51.2. The van der Waals surface area contributed by atoms with Crippen molar-refractivity contribution < 1.29 is 29.0 Å². The highest BCUT2D eigenvalue weighted by atomic mass is 35.5. The van der Waals surface area contributed by atoms with Gasteiger partial charge in [0.15, 0.2) is 5.82 Å². The summed E-state index contributed by atoms with van der Waals surface area (Å²) in [4.78, 5) is 68.8. The number of fused-ring (bicyclic) bond motifs is 3. The molecule has 6 aromatic rings. The normalized spacial score (nSPS) is 20.3. The monoisotopic (exact) mass is 1030 g/mol. The van der Waals surface area contributed by atoms with E-state index in [4.69, 9.17) is 21.3 Å². The predicted octanol–water partition coefficient (Wildman–Crippen LogP) is 8.26. The number of carbonyl (C=O) groups excluding carboxylic acids is 4. The van der Waals surface area contributed by atoms with Crippen LogP contribution in [0.1, 0.15) is 115 Å². The predicted molar refractivity (Wildman–Crippen MR) is 280 cm³/mol. The largest absolute Gasteiger partial charge is 0.490 e. The Bertz CT molecular complexity index is 3040.